The van der Waals surface area contributed by atoms with E-state index in [0.717, 1.165) is 19.5 Å². The quantitative estimate of drug-likeness (QED) is 0.879. The van der Waals surface area contributed by atoms with Crippen LogP contribution in [0.1, 0.15) is 38.7 Å². The number of carbonyl (C=O) groups is 1. The molecule has 1 fully saturated rings. The maximum atomic E-state index is 12.5. The average Bonchev–Trinajstić information content (AvgIpc) is 2.46. The highest BCUT2D eigenvalue weighted by Crippen LogP contribution is 2.33. The van der Waals surface area contributed by atoms with Gasteiger partial charge in [0.15, 0.2) is 0 Å². The minimum absolute atomic E-state index is 0.192. The third-order valence-corrected chi connectivity index (χ3v) is 4.52. The van der Waals surface area contributed by atoms with Crippen molar-refractivity contribution in [3.8, 4) is 0 Å². The number of hydrogen-bond acceptors (Lipinski definition) is 2. The van der Waals surface area contributed by atoms with Gasteiger partial charge >= 0.3 is 0 Å². The van der Waals surface area contributed by atoms with Crippen LogP contribution < -0.4 is 5.32 Å². The smallest absolute Gasteiger partial charge is 0.139 e. The third kappa shape index (κ3) is 3.66. The Morgan fingerprint density at radius 2 is 2.05 bits per heavy atom. The van der Waals surface area contributed by atoms with E-state index < -0.39 is 0 Å². The van der Waals surface area contributed by atoms with Crippen LogP contribution in [0.2, 0.25) is 0 Å². The van der Waals surface area contributed by atoms with Crippen molar-refractivity contribution in [2.24, 2.45) is 11.3 Å². The highest BCUT2D eigenvalue weighted by molar-refractivity contribution is 5.84. The lowest BCUT2D eigenvalue weighted by Crippen LogP contribution is -2.42. The molecule has 0 saturated carbocycles. The van der Waals surface area contributed by atoms with E-state index in [0.29, 0.717) is 18.1 Å². The maximum Gasteiger partial charge on any atom is 0.139 e. The highest BCUT2D eigenvalue weighted by Gasteiger charge is 2.36. The Kier molecular flexibility index (Phi) is 4.76. The zero-order chi connectivity index (χ0) is 13.7. The van der Waals surface area contributed by atoms with Crippen molar-refractivity contribution in [3.05, 3.63) is 35.9 Å². The van der Waals surface area contributed by atoms with Gasteiger partial charge in [-0.3, -0.25) is 4.79 Å². The van der Waals surface area contributed by atoms with Gasteiger partial charge in [0.05, 0.1) is 0 Å². The number of benzene rings is 1. The second-order valence-corrected chi connectivity index (χ2v) is 6.17. The van der Waals surface area contributed by atoms with Gasteiger partial charge in [0, 0.05) is 11.8 Å². The molecule has 1 aromatic carbocycles. The van der Waals surface area contributed by atoms with Crippen LogP contribution in [-0.4, -0.2) is 18.9 Å². The van der Waals surface area contributed by atoms with E-state index in [1.54, 1.807) is 0 Å². The van der Waals surface area contributed by atoms with Crippen LogP contribution >= 0.6 is 0 Å². The number of aryl methyl sites for hydroxylation is 1. The number of rotatable bonds is 5. The number of nitrogens with one attached hydrogen (secondary N) is 1. The molecule has 2 heteroatoms. The van der Waals surface area contributed by atoms with Crippen LogP contribution in [0.15, 0.2) is 30.3 Å². The largest absolute Gasteiger partial charge is 0.316 e. The molecule has 0 bridgehead atoms. The van der Waals surface area contributed by atoms with Crippen LogP contribution in [0.3, 0.4) is 0 Å². The number of hydrogen-bond donors (Lipinski definition) is 1. The lowest BCUT2D eigenvalue weighted by Gasteiger charge is -2.36. The average molecular weight is 259 g/mol. The first-order chi connectivity index (χ1) is 9.10. The van der Waals surface area contributed by atoms with Gasteiger partial charge in [0.1, 0.15) is 5.78 Å². The van der Waals surface area contributed by atoms with Gasteiger partial charge in [0.25, 0.3) is 0 Å². The molecule has 2 rings (SSSR count). The second-order valence-electron chi connectivity index (χ2n) is 6.17. The molecule has 1 aliphatic heterocycles. The molecule has 0 aliphatic carbocycles. The molecule has 19 heavy (non-hydrogen) atoms. The number of ketones is 1. The van der Waals surface area contributed by atoms with E-state index in [2.05, 4.69) is 31.3 Å². The molecule has 1 aromatic rings. The molecule has 0 radical (unpaired) electrons. The summed E-state index contributed by atoms with van der Waals surface area (Å²) in [4.78, 5) is 12.5. The topological polar surface area (TPSA) is 29.1 Å². The van der Waals surface area contributed by atoms with Crippen LogP contribution in [0.25, 0.3) is 0 Å². The summed E-state index contributed by atoms with van der Waals surface area (Å²) in [5.74, 6) is 0.898. The summed E-state index contributed by atoms with van der Waals surface area (Å²) in [5.41, 5.74) is 1.07. The molecular formula is C17H25NO. The van der Waals surface area contributed by atoms with E-state index in [9.17, 15) is 4.79 Å². The zero-order valence-corrected chi connectivity index (χ0v) is 12.1. The van der Waals surface area contributed by atoms with Crippen LogP contribution in [0, 0.1) is 11.3 Å². The van der Waals surface area contributed by atoms with E-state index in [1.165, 1.54) is 18.4 Å². The van der Waals surface area contributed by atoms with E-state index in [-0.39, 0.29) is 5.41 Å². The van der Waals surface area contributed by atoms with E-state index in [1.807, 2.05) is 18.2 Å². The molecule has 0 spiro atoms. The molecule has 0 amide bonds. The van der Waals surface area contributed by atoms with Gasteiger partial charge < -0.3 is 5.32 Å². The molecule has 1 N–H and O–H groups in total. The molecule has 1 aliphatic rings. The zero-order valence-electron chi connectivity index (χ0n) is 12.1. The van der Waals surface area contributed by atoms with Crippen LogP contribution in [0.4, 0.5) is 0 Å². The summed E-state index contributed by atoms with van der Waals surface area (Å²) < 4.78 is 0. The highest BCUT2D eigenvalue weighted by atomic mass is 16.1. The molecule has 104 valence electrons. The van der Waals surface area contributed by atoms with E-state index in [4.69, 9.17) is 0 Å². The predicted octanol–water partition coefficient (Wildman–Crippen LogP) is 3.21. The predicted molar refractivity (Wildman–Crippen MR) is 79.1 cm³/mol. The fraction of sp³-hybridized carbons (Fsp3) is 0.588. The fourth-order valence-corrected chi connectivity index (χ4v) is 2.92. The van der Waals surface area contributed by atoms with E-state index >= 15 is 0 Å². The number of Topliss-reactive ketones (excluding diaryl/α,β-unsaturated/α-hetero) is 1. The number of carbonyl (C=O) groups excluding carboxylic acids is 1. The molecule has 1 saturated heterocycles. The van der Waals surface area contributed by atoms with Crippen molar-refractivity contribution in [2.45, 2.75) is 39.5 Å². The molecule has 0 aromatic heterocycles. The SMILES string of the molecule is CC(C)(C(=O)CCc1ccccc1)C1CCCNC1. The Bertz CT molecular complexity index is 405. The first-order valence-electron chi connectivity index (χ1n) is 7.38. The Labute approximate surface area is 116 Å². The van der Waals surface area contributed by atoms with Crippen molar-refractivity contribution < 1.29 is 4.79 Å². The Balaban J connectivity index is 1.90. The summed E-state index contributed by atoms with van der Waals surface area (Å²) in [6.45, 7) is 6.34. The van der Waals surface area contributed by atoms with Gasteiger partial charge in [-0.1, -0.05) is 44.2 Å². The normalized spacial score (nSPS) is 20.2. The summed E-state index contributed by atoms with van der Waals surface area (Å²) in [7, 11) is 0. The molecular weight excluding hydrogens is 234 g/mol. The number of piperidine rings is 1. The minimum Gasteiger partial charge on any atom is -0.316 e. The Morgan fingerprint density at radius 3 is 2.68 bits per heavy atom. The fourth-order valence-electron chi connectivity index (χ4n) is 2.92. The van der Waals surface area contributed by atoms with Crippen LogP contribution in [-0.2, 0) is 11.2 Å². The van der Waals surface area contributed by atoms with Gasteiger partial charge in [-0.15, -0.1) is 0 Å². The van der Waals surface area contributed by atoms with Gasteiger partial charge in [-0.05, 0) is 43.8 Å². The lowest BCUT2D eigenvalue weighted by atomic mass is 9.71. The summed E-state index contributed by atoms with van der Waals surface area (Å²) in [6, 6.07) is 10.3. The third-order valence-electron chi connectivity index (χ3n) is 4.52. The standard InChI is InChI=1S/C17H25NO/c1-17(2,15-9-6-12-18-13-15)16(19)11-10-14-7-4-3-5-8-14/h3-5,7-8,15,18H,6,9-13H2,1-2H3. The van der Waals surface area contributed by atoms with Gasteiger partial charge in [0.2, 0.25) is 0 Å². The van der Waals surface area contributed by atoms with Crippen molar-refractivity contribution in [3.63, 3.8) is 0 Å². The molecule has 1 unspecified atom stereocenters. The Morgan fingerprint density at radius 1 is 1.32 bits per heavy atom. The Hall–Kier alpha value is -1.15. The molecule has 1 atom stereocenters. The second kappa shape index (κ2) is 6.33. The van der Waals surface area contributed by atoms with Crippen molar-refractivity contribution in [1.82, 2.24) is 5.32 Å². The first kappa shape index (κ1) is 14.3. The monoisotopic (exact) mass is 259 g/mol. The van der Waals surface area contributed by atoms with Crippen molar-refractivity contribution in [1.29, 1.82) is 0 Å². The van der Waals surface area contributed by atoms with Gasteiger partial charge in [-0.2, -0.15) is 0 Å². The summed E-state index contributed by atoms with van der Waals surface area (Å²) in [6.07, 6.45) is 3.90. The van der Waals surface area contributed by atoms with Crippen molar-refractivity contribution >= 4 is 5.78 Å². The summed E-state index contributed by atoms with van der Waals surface area (Å²) >= 11 is 0. The molecule has 2 nitrogen and oxygen atoms in total. The van der Waals surface area contributed by atoms with Crippen LogP contribution in [0.5, 0.6) is 0 Å². The summed E-state index contributed by atoms with van der Waals surface area (Å²) in [5, 5.41) is 3.42. The lowest BCUT2D eigenvalue weighted by molar-refractivity contribution is -0.130. The molecule has 1 heterocycles. The minimum atomic E-state index is -0.192. The maximum absolute atomic E-state index is 12.5. The van der Waals surface area contributed by atoms with Crippen molar-refractivity contribution in [2.75, 3.05) is 13.1 Å². The first-order valence-corrected chi connectivity index (χ1v) is 7.38. The van der Waals surface area contributed by atoms with Gasteiger partial charge in [-0.25, -0.2) is 0 Å².